The van der Waals surface area contributed by atoms with Crippen molar-refractivity contribution in [2.75, 3.05) is 11.9 Å². The quantitative estimate of drug-likeness (QED) is 0.875. The summed E-state index contributed by atoms with van der Waals surface area (Å²) >= 11 is 0. The average molecular weight is 283 g/mol. The second-order valence-corrected chi connectivity index (χ2v) is 5.46. The van der Waals surface area contributed by atoms with Crippen LogP contribution in [0.2, 0.25) is 0 Å². The normalized spacial score (nSPS) is 14.0. The van der Waals surface area contributed by atoms with Gasteiger partial charge in [0.2, 0.25) is 0 Å². The molecule has 0 radical (unpaired) electrons. The second kappa shape index (κ2) is 6.12. The van der Waals surface area contributed by atoms with E-state index in [4.69, 9.17) is 4.74 Å². The van der Waals surface area contributed by atoms with Crippen LogP contribution < -0.4 is 10.1 Å². The van der Waals surface area contributed by atoms with Gasteiger partial charge >= 0.3 is 0 Å². The molecule has 1 aromatic carbocycles. The van der Waals surface area contributed by atoms with Gasteiger partial charge in [-0.05, 0) is 38.3 Å². The molecule has 0 aliphatic heterocycles. The van der Waals surface area contributed by atoms with Crippen molar-refractivity contribution in [3.63, 3.8) is 0 Å². The highest BCUT2D eigenvalue weighted by atomic mass is 16.5. The van der Waals surface area contributed by atoms with E-state index in [-0.39, 0.29) is 0 Å². The Morgan fingerprint density at radius 3 is 2.86 bits per heavy atom. The molecule has 0 spiro atoms. The molecule has 1 fully saturated rings. The summed E-state index contributed by atoms with van der Waals surface area (Å²) in [7, 11) is 0. The fraction of sp³-hybridized carbons (Fsp3) is 0.412. The number of rotatable bonds is 6. The molecular formula is C17H21N3O. The Morgan fingerprint density at radius 1 is 1.24 bits per heavy atom. The number of anilines is 1. The van der Waals surface area contributed by atoms with Crippen molar-refractivity contribution in [3.8, 4) is 17.0 Å². The van der Waals surface area contributed by atoms with Crippen molar-refractivity contribution < 1.29 is 4.74 Å². The summed E-state index contributed by atoms with van der Waals surface area (Å²) in [6.07, 6.45) is 3.82. The van der Waals surface area contributed by atoms with Crippen molar-refractivity contribution in [1.29, 1.82) is 0 Å². The van der Waals surface area contributed by atoms with Crippen LogP contribution >= 0.6 is 0 Å². The number of nitrogens with one attached hydrogen (secondary N) is 1. The maximum Gasteiger partial charge on any atom is 0.130 e. The highest BCUT2D eigenvalue weighted by Crippen LogP contribution is 2.29. The number of benzene rings is 1. The maximum absolute atomic E-state index is 5.85. The number of nitrogens with zero attached hydrogens (tertiary/aromatic N) is 2. The summed E-state index contributed by atoms with van der Waals surface area (Å²) in [4.78, 5) is 8.97. The summed E-state index contributed by atoms with van der Waals surface area (Å²) in [6.45, 7) is 4.98. The molecule has 0 unspecified atom stereocenters. The predicted molar refractivity (Wildman–Crippen MR) is 84.6 cm³/mol. The van der Waals surface area contributed by atoms with Gasteiger partial charge in [-0.1, -0.05) is 19.1 Å². The molecular weight excluding hydrogens is 262 g/mol. The largest absolute Gasteiger partial charge is 0.490 e. The lowest BCUT2D eigenvalue weighted by atomic mass is 10.1. The Kier molecular flexibility index (Phi) is 4.04. The van der Waals surface area contributed by atoms with Crippen LogP contribution in [0.25, 0.3) is 11.3 Å². The minimum atomic E-state index is 0.411. The third kappa shape index (κ3) is 3.72. The molecule has 21 heavy (non-hydrogen) atoms. The van der Waals surface area contributed by atoms with E-state index in [2.05, 4.69) is 34.3 Å². The van der Waals surface area contributed by atoms with Gasteiger partial charge in [0.25, 0.3) is 0 Å². The van der Waals surface area contributed by atoms with Gasteiger partial charge in [-0.3, -0.25) is 0 Å². The third-order valence-corrected chi connectivity index (χ3v) is 3.35. The SMILES string of the molecule is CCCNc1cc(-c2cccc(OC3CC3)c2)nc(C)n1. The van der Waals surface area contributed by atoms with Crippen LogP contribution in [-0.4, -0.2) is 22.6 Å². The zero-order valence-corrected chi connectivity index (χ0v) is 12.6. The highest BCUT2D eigenvalue weighted by Gasteiger charge is 2.23. The fourth-order valence-electron chi connectivity index (χ4n) is 2.17. The van der Waals surface area contributed by atoms with E-state index in [0.29, 0.717) is 6.10 Å². The Balaban J connectivity index is 1.85. The lowest BCUT2D eigenvalue weighted by molar-refractivity contribution is 0.303. The molecule has 0 bridgehead atoms. The molecule has 110 valence electrons. The van der Waals surface area contributed by atoms with E-state index in [1.807, 2.05) is 25.1 Å². The van der Waals surface area contributed by atoms with Gasteiger partial charge in [-0.15, -0.1) is 0 Å². The van der Waals surface area contributed by atoms with Crippen molar-refractivity contribution in [1.82, 2.24) is 9.97 Å². The lowest BCUT2D eigenvalue weighted by Gasteiger charge is -2.09. The fourth-order valence-corrected chi connectivity index (χ4v) is 2.17. The second-order valence-electron chi connectivity index (χ2n) is 5.46. The standard InChI is InChI=1S/C17H21N3O/c1-3-9-18-17-11-16(19-12(2)20-17)13-5-4-6-15(10-13)21-14-7-8-14/h4-6,10-11,14H,3,7-9H2,1-2H3,(H,18,19,20). The van der Waals surface area contributed by atoms with Crippen LogP contribution in [0.15, 0.2) is 30.3 Å². The van der Waals surface area contributed by atoms with Gasteiger partial charge in [0.05, 0.1) is 11.8 Å². The molecule has 1 aliphatic carbocycles. The minimum Gasteiger partial charge on any atom is -0.490 e. The zero-order valence-electron chi connectivity index (χ0n) is 12.6. The molecule has 0 atom stereocenters. The van der Waals surface area contributed by atoms with Gasteiger partial charge in [-0.25, -0.2) is 9.97 Å². The van der Waals surface area contributed by atoms with Crippen molar-refractivity contribution >= 4 is 5.82 Å². The summed E-state index contributed by atoms with van der Waals surface area (Å²) in [5.74, 6) is 2.59. The van der Waals surface area contributed by atoms with E-state index in [1.54, 1.807) is 0 Å². The van der Waals surface area contributed by atoms with Crippen molar-refractivity contribution in [2.45, 2.75) is 39.2 Å². The van der Waals surface area contributed by atoms with Gasteiger partial charge in [0, 0.05) is 18.2 Å². The van der Waals surface area contributed by atoms with Gasteiger partial charge in [0.15, 0.2) is 0 Å². The predicted octanol–water partition coefficient (Wildman–Crippen LogP) is 3.82. The molecule has 1 aliphatic rings. The van der Waals surface area contributed by atoms with Crippen LogP contribution in [0, 0.1) is 6.92 Å². The average Bonchev–Trinajstić information content (AvgIpc) is 3.29. The first-order chi connectivity index (χ1) is 10.2. The van der Waals surface area contributed by atoms with E-state index in [9.17, 15) is 0 Å². The Labute approximate surface area is 125 Å². The number of aryl methyl sites for hydroxylation is 1. The van der Waals surface area contributed by atoms with Gasteiger partial charge < -0.3 is 10.1 Å². The molecule has 1 N–H and O–H groups in total. The molecule has 0 amide bonds. The van der Waals surface area contributed by atoms with E-state index < -0.39 is 0 Å². The zero-order chi connectivity index (χ0) is 14.7. The van der Waals surface area contributed by atoms with E-state index >= 15 is 0 Å². The first kappa shape index (κ1) is 13.9. The Morgan fingerprint density at radius 2 is 2.10 bits per heavy atom. The van der Waals surface area contributed by atoms with Crippen LogP contribution in [0.4, 0.5) is 5.82 Å². The van der Waals surface area contributed by atoms with Crippen LogP contribution in [0.1, 0.15) is 32.0 Å². The van der Waals surface area contributed by atoms with Crippen molar-refractivity contribution in [2.24, 2.45) is 0 Å². The summed E-state index contributed by atoms with van der Waals surface area (Å²) in [6, 6.07) is 10.1. The molecule has 2 aromatic rings. The molecule has 1 aromatic heterocycles. The maximum atomic E-state index is 5.85. The van der Waals surface area contributed by atoms with Crippen LogP contribution in [-0.2, 0) is 0 Å². The summed E-state index contributed by atoms with van der Waals surface area (Å²) < 4.78 is 5.85. The topological polar surface area (TPSA) is 47.0 Å². The van der Waals surface area contributed by atoms with Gasteiger partial charge in [-0.2, -0.15) is 0 Å². The molecule has 1 saturated carbocycles. The first-order valence-corrected chi connectivity index (χ1v) is 7.61. The molecule has 0 saturated heterocycles. The molecule has 4 nitrogen and oxygen atoms in total. The lowest BCUT2D eigenvalue weighted by Crippen LogP contribution is -2.04. The molecule has 3 rings (SSSR count). The minimum absolute atomic E-state index is 0.411. The third-order valence-electron chi connectivity index (χ3n) is 3.35. The number of aromatic nitrogens is 2. The first-order valence-electron chi connectivity index (χ1n) is 7.61. The van der Waals surface area contributed by atoms with Crippen molar-refractivity contribution in [3.05, 3.63) is 36.2 Å². The summed E-state index contributed by atoms with van der Waals surface area (Å²) in [5, 5.41) is 3.32. The smallest absolute Gasteiger partial charge is 0.130 e. The van der Waals surface area contributed by atoms with Crippen LogP contribution in [0.5, 0.6) is 5.75 Å². The summed E-state index contributed by atoms with van der Waals surface area (Å²) in [5.41, 5.74) is 2.00. The number of hydrogen-bond acceptors (Lipinski definition) is 4. The van der Waals surface area contributed by atoms with Crippen LogP contribution in [0.3, 0.4) is 0 Å². The van der Waals surface area contributed by atoms with Gasteiger partial charge in [0.1, 0.15) is 17.4 Å². The Bertz CT molecular complexity index is 623. The number of hydrogen-bond donors (Lipinski definition) is 1. The highest BCUT2D eigenvalue weighted by molar-refractivity contribution is 5.64. The molecule has 1 heterocycles. The Hall–Kier alpha value is -2.10. The number of ether oxygens (including phenoxy) is 1. The van der Waals surface area contributed by atoms with E-state index in [0.717, 1.165) is 41.6 Å². The monoisotopic (exact) mass is 283 g/mol. The molecule has 4 heteroatoms. The van der Waals surface area contributed by atoms with E-state index in [1.165, 1.54) is 12.8 Å².